The van der Waals surface area contributed by atoms with Crippen molar-refractivity contribution in [2.24, 2.45) is 0 Å². The molecule has 4 heteroatoms. The number of likely N-dealkylation sites (N-methyl/N-ethyl adjacent to an activating group) is 1. The monoisotopic (exact) mass is 413 g/mol. The summed E-state index contributed by atoms with van der Waals surface area (Å²) < 4.78 is 15.3. The van der Waals surface area contributed by atoms with E-state index in [2.05, 4.69) is 56.2 Å². The molecule has 0 amide bonds. The Hall–Kier alpha value is -0.710. The van der Waals surface area contributed by atoms with E-state index in [4.69, 9.17) is 0 Å². The molecule has 0 saturated heterocycles. The van der Waals surface area contributed by atoms with Crippen LogP contribution in [0.25, 0.3) is 0 Å². The molecule has 0 fully saturated rings. The molecule has 0 aliphatic rings. The number of benzene rings is 2. The average Bonchev–Trinajstić information content (AvgIpc) is 2.46. The van der Waals surface area contributed by atoms with Crippen LogP contribution in [0.4, 0.5) is 4.39 Å². The van der Waals surface area contributed by atoms with Crippen molar-refractivity contribution < 1.29 is 4.39 Å². The van der Waals surface area contributed by atoms with Gasteiger partial charge in [-0.3, -0.25) is 0 Å². The van der Waals surface area contributed by atoms with E-state index in [1.807, 2.05) is 18.2 Å². The zero-order chi connectivity index (χ0) is 15.2. The first kappa shape index (κ1) is 16.7. The van der Waals surface area contributed by atoms with Gasteiger partial charge in [0.1, 0.15) is 5.82 Å². The zero-order valence-corrected chi connectivity index (χ0v) is 15.0. The van der Waals surface area contributed by atoms with Crippen molar-refractivity contribution in [3.05, 3.63) is 68.4 Å². The first-order valence-electron chi connectivity index (χ1n) is 7.01. The Labute approximate surface area is 142 Å². The minimum Gasteiger partial charge on any atom is -0.314 e. The number of rotatable bonds is 6. The highest BCUT2D eigenvalue weighted by Crippen LogP contribution is 2.24. The molecule has 2 rings (SSSR count). The van der Waals surface area contributed by atoms with Gasteiger partial charge in [0.2, 0.25) is 0 Å². The summed E-state index contributed by atoms with van der Waals surface area (Å²) in [7, 11) is 0. The zero-order valence-electron chi connectivity index (χ0n) is 11.9. The third-order valence-electron chi connectivity index (χ3n) is 3.41. The molecule has 1 atom stereocenters. The molecule has 0 aliphatic heterocycles. The fourth-order valence-corrected chi connectivity index (χ4v) is 3.28. The quantitative estimate of drug-likeness (QED) is 0.692. The van der Waals surface area contributed by atoms with Crippen molar-refractivity contribution >= 4 is 31.9 Å². The normalized spacial score (nSPS) is 12.4. The van der Waals surface area contributed by atoms with E-state index in [1.165, 1.54) is 11.6 Å². The Balaban J connectivity index is 2.16. The second-order valence-electron chi connectivity index (χ2n) is 4.97. The molecule has 0 saturated carbocycles. The van der Waals surface area contributed by atoms with E-state index in [9.17, 15) is 4.39 Å². The molecule has 0 radical (unpaired) electrons. The van der Waals surface area contributed by atoms with Gasteiger partial charge < -0.3 is 5.32 Å². The van der Waals surface area contributed by atoms with Crippen LogP contribution < -0.4 is 5.32 Å². The number of hydrogen-bond donors (Lipinski definition) is 1. The Kier molecular flexibility index (Phi) is 6.40. The van der Waals surface area contributed by atoms with Crippen LogP contribution in [0.1, 0.15) is 18.1 Å². The molecule has 0 heterocycles. The van der Waals surface area contributed by atoms with Crippen LogP contribution in [0.3, 0.4) is 0 Å². The fraction of sp³-hybridized carbons (Fsp3) is 0.294. The Morgan fingerprint density at radius 3 is 2.38 bits per heavy atom. The van der Waals surface area contributed by atoms with Crippen molar-refractivity contribution in [1.82, 2.24) is 5.32 Å². The fourth-order valence-electron chi connectivity index (χ4n) is 2.41. The van der Waals surface area contributed by atoms with Gasteiger partial charge in [-0.1, -0.05) is 53.2 Å². The second kappa shape index (κ2) is 8.06. The lowest BCUT2D eigenvalue weighted by Gasteiger charge is -2.19. The molecular weight excluding hydrogens is 397 g/mol. The summed E-state index contributed by atoms with van der Waals surface area (Å²) in [5.74, 6) is -0.205. The van der Waals surface area contributed by atoms with Gasteiger partial charge in [0.15, 0.2) is 0 Å². The van der Waals surface area contributed by atoms with E-state index in [0.717, 1.165) is 29.4 Å². The third kappa shape index (κ3) is 4.63. The number of hydrogen-bond acceptors (Lipinski definition) is 1. The highest BCUT2D eigenvalue weighted by Gasteiger charge is 2.14. The minimum absolute atomic E-state index is 0.205. The molecular formula is C17H18Br2FN. The second-order valence-corrected chi connectivity index (χ2v) is 6.61. The summed E-state index contributed by atoms with van der Waals surface area (Å²) in [4.78, 5) is 0. The van der Waals surface area contributed by atoms with E-state index in [1.54, 1.807) is 6.07 Å². The maximum atomic E-state index is 13.6. The highest BCUT2D eigenvalue weighted by molar-refractivity contribution is 9.10. The molecule has 1 unspecified atom stereocenters. The van der Waals surface area contributed by atoms with Gasteiger partial charge in [-0.25, -0.2) is 4.39 Å². The van der Waals surface area contributed by atoms with Gasteiger partial charge in [-0.2, -0.15) is 0 Å². The minimum atomic E-state index is -0.205. The average molecular weight is 415 g/mol. The molecule has 0 spiro atoms. The predicted octanol–water partition coefficient (Wildman–Crippen LogP) is 5.11. The molecule has 0 aromatic heterocycles. The standard InChI is InChI=1S/C17H18Br2FN/c1-2-21-14(10-12-6-3-4-8-15(12)18)11-13-7-5-9-16(20)17(13)19/h3-9,14,21H,2,10-11H2,1H3. The topological polar surface area (TPSA) is 12.0 Å². The largest absolute Gasteiger partial charge is 0.314 e. The van der Waals surface area contributed by atoms with Gasteiger partial charge in [0.05, 0.1) is 4.47 Å². The van der Waals surface area contributed by atoms with Gasteiger partial charge in [0.25, 0.3) is 0 Å². The van der Waals surface area contributed by atoms with Crippen LogP contribution in [0.5, 0.6) is 0 Å². The van der Waals surface area contributed by atoms with Gasteiger partial charge in [-0.15, -0.1) is 0 Å². The molecule has 2 aromatic carbocycles. The molecule has 1 nitrogen and oxygen atoms in total. The maximum Gasteiger partial charge on any atom is 0.137 e. The first-order valence-corrected chi connectivity index (χ1v) is 8.60. The summed E-state index contributed by atoms with van der Waals surface area (Å²) in [6, 6.07) is 13.7. The number of nitrogens with one attached hydrogen (secondary N) is 1. The van der Waals surface area contributed by atoms with Crippen molar-refractivity contribution in [2.45, 2.75) is 25.8 Å². The highest BCUT2D eigenvalue weighted by atomic mass is 79.9. The maximum absolute atomic E-state index is 13.6. The van der Waals surface area contributed by atoms with Gasteiger partial charge in [0, 0.05) is 10.5 Å². The third-order valence-corrected chi connectivity index (χ3v) is 5.08. The Bertz CT molecular complexity index is 601. The summed E-state index contributed by atoms with van der Waals surface area (Å²) in [5, 5.41) is 3.49. The van der Waals surface area contributed by atoms with E-state index >= 15 is 0 Å². The van der Waals surface area contributed by atoms with Crippen LogP contribution in [0, 0.1) is 5.82 Å². The van der Waals surface area contributed by atoms with Gasteiger partial charge >= 0.3 is 0 Å². The molecule has 0 bridgehead atoms. The number of halogens is 3. The van der Waals surface area contributed by atoms with Crippen molar-refractivity contribution in [1.29, 1.82) is 0 Å². The lowest BCUT2D eigenvalue weighted by Crippen LogP contribution is -2.33. The van der Waals surface area contributed by atoms with Crippen LogP contribution in [-0.2, 0) is 12.8 Å². The van der Waals surface area contributed by atoms with E-state index < -0.39 is 0 Å². The van der Waals surface area contributed by atoms with Gasteiger partial charge in [-0.05, 0) is 58.6 Å². The van der Waals surface area contributed by atoms with Crippen LogP contribution >= 0.6 is 31.9 Å². The summed E-state index contributed by atoms with van der Waals surface area (Å²) in [5.41, 5.74) is 2.25. The molecule has 0 aliphatic carbocycles. The first-order chi connectivity index (χ1) is 10.1. The SMILES string of the molecule is CCNC(Cc1ccccc1Br)Cc1cccc(F)c1Br. The van der Waals surface area contributed by atoms with E-state index in [-0.39, 0.29) is 11.9 Å². The molecule has 21 heavy (non-hydrogen) atoms. The van der Waals surface area contributed by atoms with Crippen molar-refractivity contribution in [3.8, 4) is 0 Å². The smallest absolute Gasteiger partial charge is 0.137 e. The summed E-state index contributed by atoms with van der Waals surface area (Å²) >= 11 is 6.94. The van der Waals surface area contributed by atoms with Crippen LogP contribution in [0.2, 0.25) is 0 Å². The lowest BCUT2D eigenvalue weighted by molar-refractivity contribution is 0.517. The Morgan fingerprint density at radius 2 is 1.67 bits per heavy atom. The van der Waals surface area contributed by atoms with E-state index in [0.29, 0.717) is 4.47 Å². The van der Waals surface area contributed by atoms with Crippen molar-refractivity contribution in [2.75, 3.05) is 6.54 Å². The summed E-state index contributed by atoms with van der Waals surface area (Å²) in [6.07, 6.45) is 1.69. The lowest BCUT2D eigenvalue weighted by atomic mass is 9.99. The van der Waals surface area contributed by atoms with Crippen LogP contribution in [0.15, 0.2) is 51.4 Å². The summed E-state index contributed by atoms with van der Waals surface area (Å²) in [6.45, 7) is 2.98. The Morgan fingerprint density at radius 1 is 1.00 bits per heavy atom. The molecule has 2 aromatic rings. The molecule has 1 N–H and O–H groups in total. The van der Waals surface area contributed by atoms with Crippen molar-refractivity contribution in [3.63, 3.8) is 0 Å². The van der Waals surface area contributed by atoms with Crippen LogP contribution in [-0.4, -0.2) is 12.6 Å². The predicted molar refractivity (Wildman–Crippen MR) is 93.1 cm³/mol. The molecule has 112 valence electrons.